The zero-order valence-corrected chi connectivity index (χ0v) is 14.7. The first-order chi connectivity index (χ1) is 11.0. The second-order valence-electron chi connectivity index (χ2n) is 6.61. The first kappa shape index (κ1) is 17.6. The van der Waals surface area contributed by atoms with Crippen LogP contribution in [0.25, 0.3) is 0 Å². The summed E-state index contributed by atoms with van der Waals surface area (Å²) >= 11 is 0. The lowest BCUT2D eigenvalue weighted by Crippen LogP contribution is -2.45. The maximum absolute atomic E-state index is 5.94. The smallest absolute Gasteiger partial charge is 0.191 e. The molecule has 0 aliphatic heterocycles. The summed E-state index contributed by atoms with van der Waals surface area (Å²) in [5.74, 6) is 2.47. The van der Waals surface area contributed by atoms with Crippen molar-refractivity contribution in [2.24, 2.45) is 10.9 Å². The maximum atomic E-state index is 5.94. The van der Waals surface area contributed by atoms with Crippen molar-refractivity contribution >= 4 is 5.96 Å². The molecule has 0 atom stereocenters. The number of guanidine groups is 1. The molecule has 5 nitrogen and oxygen atoms in total. The van der Waals surface area contributed by atoms with Crippen molar-refractivity contribution in [1.29, 1.82) is 0 Å². The van der Waals surface area contributed by atoms with Crippen LogP contribution in [0.15, 0.2) is 29.3 Å². The highest BCUT2D eigenvalue weighted by atomic mass is 16.5. The largest absolute Gasteiger partial charge is 0.493 e. The molecule has 0 heterocycles. The van der Waals surface area contributed by atoms with Gasteiger partial charge in [-0.3, -0.25) is 4.99 Å². The van der Waals surface area contributed by atoms with Gasteiger partial charge < -0.3 is 20.1 Å². The fourth-order valence-electron chi connectivity index (χ4n) is 2.05. The molecule has 2 rings (SSSR count). The average Bonchev–Trinajstić information content (AvgIpc) is 3.38. The van der Waals surface area contributed by atoms with Crippen molar-refractivity contribution in [3.8, 4) is 5.75 Å². The van der Waals surface area contributed by atoms with E-state index in [2.05, 4.69) is 21.7 Å². The molecule has 0 spiro atoms. The summed E-state index contributed by atoms with van der Waals surface area (Å²) < 4.78 is 11.3. The summed E-state index contributed by atoms with van der Waals surface area (Å²) in [6, 6.07) is 8.16. The highest BCUT2D eigenvalue weighted by molar-refractivity contribution is 5.79. The molecular formula is C18H29N3O2. The lowest BCUT2D eigenvalue weighted by Gasteiger charge is -2.24. The molecular weight excluding hydrogens is 290 g/mol. The Morgan fingerprint density at radius 1 is 1.26 bits per heavy atom. The Kier molecular flexibility index (Phi) is 6.28. The van der Waals surface area contributed by atoms with Crippen LogP contribution in [0.3, 0.4) is 0 Å². The van der Waals surface area contributed by atoms with Gasteiger partial charge in [-0.25, -0.2) is 0 Å². The van der Waals surface area contributed by atoms with Gasteiger partial charge in [-0.15, -0.1) is 0 Å². The molecule has 0 aromatic heterocycles. The third kappa shape index (κ3) is 6.10. The summed E-state index contributed by atoms with van der Waals surface area (Å²) in [6.45, 7) is 6.26. The van der Waals surface area contributed by atoms with Gasteiger partial charge in [0.05, 0.1) is 12.2 Å². The van der Waals surface area contributed by atoms with E-state index >= 15 is 0 Å². The lowest BCUT2D eigenvalue weighted by atomic mass is 10.1. The Hall–Kier alpha value is -1.75. The third-order valence-corrected chi connectivity index (χ3v) is 4.05. The Morgan fingerprint density at radius 2 is 2.00 bits per heavy atom. The topological polar surface area (TPSA) is 54.9 Å². The number of aliphatic imine (C=N–C) groups is 1. The van der Waals surface area contributed by atoms with E-state index in [1.54, 1.807) is 14.2 Å². The summed E-state index contributed by atoms with van der Waals surface area (Å²) in [4.78, 5) is 4.25. The highest BCUT2D eigenvalue weighted by Gasteiger charge is 2.22. The van der Waals surface area contributed by atoms with Gasteiger partial charge in [0.25, 0.3) is 0 Å². The SMILES string of the molecule is CN=C(NCc1ccccc1OCC1CC1)NCC(C)(C)OC. The van der Waals surface area contributed by atoms with E-state index in [0.29, 0.717) is 13.1 Å². The van der Waals surface area contributed by atoms with Gasteiger partial charge in [-0.2, -0.15) is 0 Å². The van der Waals surface area contributed by atoms with Crippen LogP contribution in [0.5, 0.6) is 5.75 Å². The number of ether oxygens (including phenoxy) is 2. The molecule has 1 saturated carbocycles. The normalized spacial score (nSPS) is 15.4. The van der Waals surface area contributed by atoms with Gasteiger partial charge in [0, 0.05) is 32.8 Å². The average molecular weight is 319 g/mol. The van der Waals surface area contributed by atoms with Crippen molar-refractivity contribution in [2.75, 3.05) is 27.3 Å². The van der Waals surface area contributed by atoms with Crippen molar-refractivity contribution in [3.63, 3.8) is 0 Å². The minimum atomic E-state index is -0.233. The number of para-hydroxylation sites is 1. The summed E-state index contributed by atoms with van der Waals surface area (Å²) in [7, 11) is 3.48. The standard InChI is InChI=1S/C18H29N3O2/c1-18(2,22-4)13-21-17(19-3)20-11-15-7-5-6-8-16(15)23-12-14-9-10-14/h5-8,14H,9-13H2,1-4H3,(H2,19,20,21). The van der Waals surface area contributed by atoms with Crippen LogP contribution in [-0.2, 0) is 11.3 Å². The van der Waals surface area contributed by atoms with Crippen molar-refractivity contribution < 1.29 is 9.47 Å². The molecule has 23 heavy (non-hydrogen) atoms. The summed E-state index contributed by atoms with van der Waals surface area (Å²) in [5, 5.41) is 6.61. The van der Waals surface area contributed by atoms with Gasteiger partial charge in [-0.1, -0.05) is 18.2 Å². The van der Waals surface area contributed by atoms with Gasteiger partial charge in [-0.05, 0) is 38.7 Å². The second-order valence-corrected chi connectivity index (χ2v) is 6.61. The van der Waals surface area contributed by atoms with E-state index < -0.39 is 0 Å². The zero-order chi connectivity index (χ0) is 16.7. The van der Waals surface area contributed by atoms with Gasteiger partial charge in [0.1, 0.15) is 5.75 Å². The maximum Gasteiger partial charge on any atom is 0.191 e. The van der Waals surface area contributed by atoms with Gasteiger partial charge in [0.2, 0.25) is 0 Å². The lowest BCUT2D eigenvalue weighted by molar-refractivity contribution is 0.0268. The summed E-state index contributed by atoms with van der Waals surface area (Å²) in [6.07, 6.45) is 2.60. The quantitative estimate of drug-likeness (QED) is 0.571. The summed E-state index contributed by atoms with van der Waals surface area (Å²) in [5.41, 5.74) is 0.908. The molecule has 0 unspecified atom stereocenters. The Morgan fingerprint density at radius 3 is 2.65 bits per heavy atom. The molecule has 0 radical (unpaired) electrons. The van der Waals surface area contributed by atoms with Crippen LogP contribution in [0.2, 0.25) is 0 Å². The van der Waals surface area contributed by atoms with E-state index in [1.165, 1.54) is 12.8 Å². The van der Waals surface area contributed by atoms with E-state index in [4.69, 9.17) is 9.47 Å². The molecule has 128 valence electrons. The van der Waals surface area contributed by atoms with Gasteiger partial charge in [0.15, 0.2) is 5.96 Å². The van der Waals surface area contributed by atoms with Crippen LogP contribution in [0, 0.1) is 5.92 Å². The van der Waals surface area contributed by atoms with Crippen molar-refractivity contribution in [3.05, 3.63) is 29.8 Å². The van der Waals surface area contributed by atoms with E-state index in [-0.39, 0.29) is 5.60 Å². The second kappa shape index (κ2) is 8.20. The number of rotatable bonds is 8. The van der Waals surface area contributed by atoms with E-state index in [1.807, 2.05) is 32.0 Å². The fourth-order valence-corrected chi connectivity index (χ4v) is 2.05. The number of nitrogens with zero attached hydrogens (tertiary/aromatic N) is 1. The molecule has 1 aliphatic carbocycles. The van der Waals surface area contributed by atoms with Crippen molar-refractivity contribution in [2.45, 2.75) is 38.8 Å². The number of methoxy groups -OCH3 is 1. The van der Waals surface area contributed by atoms with Crippen LogP contribution in [0.4, 0.5) is 0 Å². The Labute approximate surface area is 139 Å². The molecule has 1 aromatic rings. The molecule has 0 amide bonds. The van der Waals surface area contributed by atoms with Crippen LogP contribution in [-0.4, -0.2) is 38.9 Å². The van der Waals surface area contributed by atoms with Crippen LogP contribution in [0.1, 0.15) is 32.3 Å². The van der Waals surface area contributed by atoms with Gasteiger partial charge >= 0.3 is 0 Å². The minimum absolute atomic E-state index is 0.233. The molecule has 1 fully saturated rings. The van der Waals surface area contributed by atoms with E-state index in [0.717, 1.165) is 29.8 Å². The third-order valence-electron chi connectivity index (χ3n) is 4.05. The Bertz CT molecular complexity index is 525. The number of hydrogen-bond acceptors (Lipinski definition) is 3. The number of nitrogens with one attached hydrogen (secondary N) is 2. The molecule has 1 aliphatic rings. The zero-order valence-electron chi connectivity index (χ0n) is 14.7. The molecule has 0 bridgehead atoms. The van der Waals surface area contributed by atoms with Crippen LogP contribution < -0.4 is 15.4 Å². The molecule has 1 aromatic carbocycles. The Balaban J connectivity index is 1.85. The van der Waals surface area contributed by atoms with E-state index in [9.17, 15) is 0 Å². The first-order valence-corrected chi connectivity index (χ1v) is 8.24. The highest BCUT2D eigenvalue weighted by Crippen LogP contribution is 2.30. The first-order valence-electron chi connectivity index (χ1n) is 8.24. The number of benzene rings is 1. The minimum Gasteiger partial charge on any atom is -0.493 e. The molecule has 0 saturated heterocycles. The van der Waals surface area contributed by atoms with Crippen LogP contribution >= 0.6 is 0 Å². The predicted octanol–water partition coefficient (Wildman–Crippen LogP) is 2.57. The molecule has 2 N–H and O–H groups in total. The molecule has 5 heteroatoms. The fraction of sp³-hybridized carbons (Fsp3) is 0.611. The monoisotopic (exact) mass is 319 g/mol. The van der Waals surface area contributed by atoms with Crippen molar-refractivity contribution in [1.82, 2.24) is 10.6 Å². The predicted molar refractivity (Wildman–Crippen MR) is 94.0 cm³/mol. The number of hydrogen-bond donors (Lipinski definition) is 2.